The van der Waals surface area contributed by atoms with E-state index in [-0.39, 0.29) is 6.04 Å². The molecule has 0 amide bonds. The fourth-order valence-corrected chi connectivity index (χ4v) is 3.79. The van der Waals surface area contributed by atoms with Gasteiger partial charge in [0.1, 0.15) is 5.75 Å². The SMILES string of the molecule is NNC(c1ccc(Cl)s1)C1CCOc2ccccc21. The maximum Gasteiger partial charge on any atom is 0.122 e. The minimum absolute atomic E-state index is 0.0718. The minimum atomic E-state index is 0.0718. The Kier molecular flexibility index (Phi) is 3.75. The summed E-state index contributed by atoms with van der Waals surface area (Å²) in [6, 6.07) is 12.2. The zero-order valence-electron chi connectivity index (χ0n) is 10.3. The summed E-state index contributed by atoms with van der Waals surface area (Å²) in [7, 11) is 0. The molecule has 19 heavy (non-hydrogen) atoms. The van der Waals surface area contributed by atoms with E-state index in [0.29, 0.717) is 5.92 Å². The molecule has 0 saturated carbocycles. The molecule has 2 heterocycles. The monoisotopic (exact) mass is 294 g/mol. The number of nitrogens with two attached hydrogens (primary N) is 1. The second-order valence-corrected chi connectivity index (χ2v) is 6.31. The van der Waals surface area contributed by atoms with Gasteiger partial charge in [0.15, 0.2) is 0 Å². The molecule has 1 aromatic carbocycles. The molecule has 3 nitrogen and oxygen atoms in total. The standard InChI is InChI=1S/C14H15ClN2OS/c15-13-6-5-12(19-13)14(17-16)10-7-8-18-11-4-2-1-3-9(10)11/h1-6,10,14,17H,7-8,16H2. The number of ether oxygens (including phenoxy) is 1. The van der Waals surface area contributed by atoms with Gasteiger partial charge in [-0.2, -0.15) is 0 Å². The molecule has 5 heteroatoms. The van der Waals surface area contributed by atoms with E-state index >= 15 is 0 Å². The van der Waals surface area contributed by atoms with Crippen LogP contribution in [0.1, 0.15) is 28.8 Å². The fourth-order valence-electron chi connectivity index (χ4n) is 2.61. The number of benzene rings is 1. The van der Waals surface area contributed by atoms with E-state index in [1.54, 1.807) is 11.3 Å². The Labute approximate surface area is 121 Å². The first-order chi connectivity index (χ1) is 9.29. The molecule has 0 radical (unpaired) electrons. The smallest absolute Gasteiger partial charge is 0.122 e. The molecule has 1 aliphatic rings. The normalized spacial score (nSPS) is 19.6. The number of thiophene rings is 1. The summed E-state index contributed by atoms with van der Waals surface area (Å²) in [4.78, 5) is 1.16. The lowest BCUT2D eigenvalue weighted by Crippen LogP contribution is -2.34. The Morgan fingerprint density at radius 3 is 2.89 bits per heavy atom. The van der Waals surface area contributed by atoms with Crippen molar-refractivity contribution in [1.82, 2.24) is 5.43 Å². The van der Waals surface area contributed by atoms with Crippen molar-refractivity contribution in [2.24, 2.45) is 5.84 Å². The van der Waals surface area contributed by atoms with Gasteiger partial charge in [-0.05, 0) is 30.2 Å². The molecule has 0 saturated heterocycles. The second kappa shape index (κ2) is 5.51. The molecule has 3 rings (SSSR count). The molecule has 2 atom stereocenters. The Balaban J connectivity index is 1.97. The van der Waals surface area contributed by atoms with Crippen LogP contribution in [-0.4, -0.2) is 6.61 Å². The van der Waals surface area contributed by atoms with E-state index in [0.717, 1.165) is 28.0 Å². The number of hydrogen-bond donors (Lipinski definition) is 2. The fraction of sp³-hybridized carbons (Fsp3) is 0.286. The van der Waals surface area contributed by atoms with Gasteiger partial charge in [0.2, 0.25) is 0 Å². The number of fused-ring (bicyclic) bond motifs is 1. The van der Waals surface area contributed by atoms with E-state index < -0.39 is 0 Å². The van der Waals surface area contributed by atoms with Gasteiger partial charge < -0.3 is 4.74 Å². The lowest BCUT2D eigenvalue weighted by molar-refractivity contribution is 0.247. The Bertz CT molecular complexity index is 572. The number of halogens is 1. The van der Waals surface area contributed by atoms with Crippen LogP contribution in [0.5, 0.6) is 5.75 Å². The van der Waals surface area contributed by atoms with E-state index in [1.165, 1.54) is 5.56 Å². The van der Waals surface area contributed by atoms with Crippen molar-refractivity contribution >= 4 is 22.9 Å². The lowest BCUT2D eigenvalue weighted by atomic mass is 9.86. The summed E-state index contributed by atoms with van der Waals surface area (Å²) in [6.07, 6.45) is 0.946. The van der Waals surface area contributed by atoms with Crippen LogP contribution < -0.4 is 16.0 Å². The first-order valence-electron chi connectivity index (χ1n) is 6.22. The van der Waals surface area contributed by atoms with Crippen LogP contribution in [0.15, 0.2) is 36.4 Å². The quantitative estimate of drug-likeness (QED) is 0.673. The number of rotatable bonds is 3. The third-order valence-electron chi connectivity index (χ3n) is 3.49. The summed E-state index contributed by atoms with van der Waals surface area (Å²) >= 11 is 7.60. The highest BCUT2D eigenvalue weighted by molar-refractivity contribution is 7.16. The highest BCUT2D eigenvalue weighted by Gasteiger charge is 2.30. The maximum absolute atomic E-state index is 6.03. The van der Waals surface area contributed by atoms with Crippen molar-refractivity contribution < 1.29 is 4.74 Å². The Morgan fingerprint density at radius 2 is 2.16 bits per heavy atom. The van der Waals surface area contributed by atoms with E-state index in [1.807, 2.05) is 30.3 Å². The van der Waals surface area contributed by atoms with E-state index in [4.69, 9.17) is 22.2 Å². The van der Waals surface area contributed by atoms with Crippen molar-refractivity contribution in [1.29, 1.82) is 0 Å². The number of nitrogens with one attached hydrogen (secondary N) is 1. The Hall–Kier alpha value is -1.07. The van der Waals surface area contributed by atoms with Crippen molar-refractivity contribution in [3.8, 4) is 5.75 Å². The number of hydrazine groups is 1. The molecule has 1 aliphatic heterocycles. The molecule has 0 bridgehead atoms. The summed E-state index contributed by atoms with van der Waals surface area (Å²) in [5.74, 6) is 7.04. The maximum atomic E-state index is 6.03. The van der Waals surface area contributed by atoms with Crippen molar-refractivity contribution in [2.45, 2.75) is 18.4 Å². The highest BCUT2D eigenvalue weighted by atomic mass is 35.5. The minimum Gasteiger partial charge on any atom is -0.493 e. The van der Waals surface area contributed by atoms with Crippen LogP contribution in [0.25, 0.3) is 0 Å². The average Bonchev–Trinajstić information content (AvgIpc) is 2.86. The van der Waals surface area contributed by atoms with Gasteiger partial charge in [-0.15, -0.1) is 11.3 Å². The van der Waals surface area contributed by atoms with Crippen LogP contribution in [-0.2, 0) is 0 Å². The third kappa shape index (κ3) is 2.49. The first kappa shape index (κ1) is 12.9. The van der Waals surface area contributed by atoms with Crippen molar-refractivity contribution in [3.05, 3.63) is 51.2 Å². The topological polar surface area (TPSA) is 47.3 Å². The summed E-state index contributed by atoms with van der Waals surface area (Å²) in [5.41, 5.74) is 4.15. The second-order valence-electron chi connectivity index (χ2n) is 4.57. The van der Waals surface area contributed by atoms with Crippen LogP contribution in [0.3, 0.4) is 0 Å². The number of hydrogen-bond acceptors (Lipinski definition) is 4. The zero-order chi connectivity index (χ0) is 13.2. The summed E-state index contributed by atoms with van der Waals surface area (Å²) in [6.45, 7) is 0.721. The molecular formula is C14H15ClN2OS. The molecule has 1 aromatic heterocycles. The molecule has 3 N–H and O–H groups in total. The third-order valence-corrected chi connectivity index (χ3v) is 4.80. The highest BCUT2D eigenvalue weighted by Crippen LogP contribution is 2.42. The molecule has 2 unspecified atom stereocenters. The van der Waals surface area contributed by atoms with Crippen molar-refractivity contribution in [2.75, 3.05) is 6.61 Å². The predicted molar refractivity (Wildman–Crippen MR) is 78.7 cm³/mol. The summed E-state index contributed by atoms with van der Waals surface area (Å²) in [5, 5.41) is 0. The van der Waals surface area contributed by atoms with Gasteiger partial charge in [0, 0.05) is 10.8 Å². The predicted octanol–water partition coefficient (Wildman–Crippen LogP) is 3.47. The van der Waals surface area contributed by atoms with E-state index in [9.17, 15) is 0 Å². The van der Waals surface area contributed by atoms with Crippen LogP contribution >= 0.6 is 22.9 Å². The summed E-state index contributed by atoms with van der Waals surface area (Å²) < 4.78 is 6.49. The van der Waals surface area contributed by atoms with Crippen LogP contribution in [0, 0.1) is 0 Å². The van der Waals surface area contributed by atoms with Gasteiger partial charge >= 0.3 is 0 Å². The van der Waals surface area contributed by atoms with Gasteiger partial charge in [-0.3, -0.25) is 11.3 Å². The van der Waals surface area contributed by atoms with Crippen LogP contribution in [0.2, 0.25) is 4.34 Å². The van der Waals surface area contributed by atoms with Gasteiger partial charge in [-0.25, -0.2) is 0 Å². The van der Waals surface area contributed by atoms with Crippen molar-refractivity contribution in [3.63, 3.8) is 0 Å². The molecule has 2 aromatic rings. The molecule has 0 aliphatic carbocycles. The average molecular weight is 295 g/mol. The largest absolute Gasteiger partial charge is 0.493 e. The van der Waals surface area contributed by atoms with Gasteiger partial charge in [0.25, 0.3) is 0 Å². The molecule has 0 spiro atoms. The molecule has 100 valence electrons. The molecule has 0 fully saturated rings. The molecular weight excluding hydrogens is 280 g/mol. The zero-order valence-corrected chi connectivity index (χ0v) is 11.9. The van der Waals surface area contributed by atoms with Gasteiger partial charge in [0.05, 0.1) is 17.0 Å². The lowest BCUT2D eigenvalue weighted by Gasteiger charge is -2.31. The van der Waals surface area contributed by atoms with Crippen LogP contribution in [0.4, 0.5) is 0 Å². The Morgan fingerprint density at radius 1 is 1.32 bits per heavy atom. The van der Waals surface area contributed by atoms with Gasteiger partial charge in [-0.1, -0.05) is 29.8 Å². The van der Waals surface area contributed by atoms with E-state index in [2.05, 4.69) is 11.5 Å². The number of para-hydroxylation sites is 1. The first-order valence-corrected chi connectivity index (χ1v) is 7.42.